The molecule has 0 aliphatic carbocycles. The van der Waals surface area contributed by atoms with Gasteiger partial charge in [0, 0.05) is 49.3 Å². The average molecular weight is 1290 g/mol. The zero-order chi connectivity index (χ0) is 70.5. The highest BCUT2D eigenvalue weighted by molar-refractivity contribution is 5.99. The van der Waals surface area contributed by atoms with Crippen LogP contribution in [0.2, 0.25) is 0 Å². The lowest BCUT2D eigenvalue weighted by Gasteiger charge is -2.40. The van der Waals surface area contributed by atoms with Gasteiger partial charge < -0.3 is 60.3 Å². The van der Waals surface area contributed by atoms with Gasteiger partial charge in [0.2, 0.25) is 65.0 Å². The molecule has 1 aromatic rings. The number of hydrogen-bond donors (Lipinski definition) is 4. The monoisotopic (exact) mass is 1290 g/mol. The van der Waals surface area contributed by atoms with Gasteiger partial charge in [0.1, 0.15) is 60.4 Å². The SMILES string of the molecule is CC[C@@H]1NC(=O)C(C[C@H](C)C/C=C/c2ccc(C(=O)OC)cc2)N(C)C(=O)[C@H](CC)N(C)C(=O)[C@H](CC(C)C)N(C)C(=O)[C@@H](CC(C)C)N(C)C(=O)[C@H](C)NC(=O)[C@@H](C)NC(=O)[C@@H](CC(C)C)N(C)C(=O)[C@@H](C(C)C)NC(=O)[C@H](CC(C)C)N(C)C(=O)CN(C)C1=O. The number of esters is 1. The molecule has 0 saturated carbocycles. The molecule has 0 spiro atoms. The van der Waals surface area contributed by atoms with Gasteiger partial charge in [0.25, 0.3) is 0 Å². The highest BCUT2D eigenvalue weighted by atomic mass is 16.5. The Morgan fingerprint density at radius 2 is 0.880 bits per heavy atom. The number of allylic oxidation sites excluding steroid dienone is 1. The Hall–Kier alpha value is -7.40. The van der Waals surface area contributed by atoms with E-state index < -0.39 is 144 Å². The number of nitrogens with zero attached hydrogens (tertiary/aromatic N) is 7. The van der Waals surface area contributed by atoms with Crippen LogP contribution in [0.25, 0.3) is 6.08 Å². The number of methoxy groups -OCH3 is 1. The zero-order valence-electron chi connectivity index (χ0n) is 59.5. The van der Waals surface area contributed by atoms with Crippen LogP contribution in [0, 0.1) is 35.5 Å². The van der Waals surface area contributed by atoms with Crippen LogP contribution in [-0.4, -0.2) is 229 Å². The fourth-order valence-electron chi connectivity index (χ4n) is 11.3. The predicted octanol–water partition coefficient (Wildman–Crippen LogP) is 4.98. The van der Waals surface area contributed by atoms with Crippen LogP contribution in [0.3, 0.4) is 0 Å². The van der Waals surface area contributed by atoms with Crippen molar-refractivity contribution in [1.29, 1.82) is 0 Å². The van der Waals surface area contributed by atoms with Gasteiger partial charge in [-0.25, -0.2) is 4.79 Å². The van der Waals surface area contributed by atoms with Gasteiger partial charge in [0.15, 0.2) is 0 Å². The number of likely N-dealkylation sites (N-methyl/N-ethyl adjacent to an activating group) is 7. The molecule has 2 rings (SSSR count). The molecule has 11 atom stereocenters. The Bertz CT molecular complexity index is 2730. The highest BCUT2D eigenvalue weighted by Gasteiger charge is 2.43. The Balaban J connectivity index is 2.93. The van der Waals surface area contributed by atoms with Gasteiger partial charge in [-0.2, -0.15) is 0 Å². The number of rotatable bonds is 17. The van der Waals surface area contributed by atoms with Crippen LogP contribution >= 0.6 is 0 Å². The number of carbonyl (C=O) groups is 12. The third-order valence-corrected chi connectivity index (χ3v) is 17.2. The first-order valence-corrected chi connectivity index (χ1v) is 32.7. The van der Waals surface area contributed by atoms with E-state index in [-0.39, 0.29) is 74.5 Å². The van der Waals surface area contributed by atoms with E-state index in [9.17, 15) is 47.9 Å². The van der Waals surface area contributed by atoms with Crippen molar-refractivity contribution < 1.29 is 62.3 Å². The second-order valence-corrected chi connectivity index (χ2v) is 27.2. The number of ether oxygens (including phenoxy) is 1. The molecule has 4 N–H and O–H groups in total. The van der Waals surface area contributed by atoms with E-state index in [0.717, 1.165) is 10.5 Å². The number of amides is 11. The van der Waals surface area contributed by atoms with Gasteiger partial charge in [-0.3, -0.25) is 52.7 Å². The molecule has 92 heavy (non-hydrogen) atoms. The molecular weight excluding hydrogens is 1180 g/mol. The van der Waals surface area contributed by atoms with Crippen LogP contribution < -0.4 is 21.3 Å². The Labute approximate surface area is 548 Å². The largest absolute Gasteiger partial charge is 0.465 e. The normalized spacial score (nSPS) is 25.2. The molecule has 1 heterocycles. The lowest BCUT2D eigenvalue weighted by molar-refractivity contribution is -0.155. The maximum atomic E-state index is 15.1. The fraction of sp³-hybridized carbons (Fsp3) is 0.706. The van der Waals surface area contributed by atoms with Crippen LogP contribution in [0.15, 0.2) is 30.3 Å². The standard InChI is InChI=1S/C68H113N11O13/c1-24-49-63(86)73(16)38-56(80)74(17)51(33-39(3)4)61(84)72-57(43(11)12)67(90)77(20)52(34-40(5)6)59(82)69-45(14)58(81)70-46(15)62(85)78(21)54(35-41(7)8)66(89)79(22)55(36-42(9)10)65(88)75(18)50(25-2)64(87)76(19)53(60(83)71-49)37-44(13)27-26-28-47-29-31-48(32-30-47)68(91)92-23/h26,28-32,39-46,49-55,57H,24-25,27,33-38H2,1-23H3,(H,69,82)(H,70,81)(H,71,83)(H,72,84)/b28-26+/t44-,45-,46+,49+,50+,51+,52-,53?,54-,55+,57-/m1/s1. The van der Waals surface area contributed by atoms with Gasteiger partial charge in [0.05, 0.1) is 19.2 Å². The van der Waals surface area contributed by atoms with Gasteiger partial charge >= 0.3 is 5.97 Å². The number of hydrogen-bond acceptors (Lipinski definition) is 13. The molecule has 1 saturated heterocycles. The zero-order valence-corrected chi connectivity index (χ0v) is 59.5. The fourth-order valence-corrected chi connectivity index (χ4v) is 11.3. The molecule has 1 unspecified atom stereocenters. The minimum atomic E-state index is -1.23. The summed E-state index contributed by atoms with van der Waals surface area (Å²) in [5.74, 6) is -8.78. The quantitative estimate of drug-likeness (QED) is 0.150. The van der Waals surface area contributed by atoms with E-state index in [2.05, 4.69) is 21.3 Å². The highest BCUT2D eigenvalue weighted by Crippen LogP contribution is 2.25. The molecule has 0 bridgehead atoms. The molecule has 24 nitrogen and oxygen atoms in total. The first-order chi connectivity index (χ1) is 42.8. The average Bonchev–Trinajstić information content (AvgIpc) is 1.27. The topological polar surface area (TPSA) is 285 Å². The number of benzene rings is 1. The summed E-state index contributed by atoms with van der Waals surface area (Å²) in [6.45, 7) is 26.1. The van der Waals surface area contributed by atoms with Gasteiger partial charge in [-0.15, -0.1) is 0 Å². The summed E-state index contributed by atoms with van der Waals surface area (Å²) >= 11 is 0. The summed E-state index contributed by atoms with van der Waals surface area (Å²) in [6, 6.07) is -4.92. The van der Waals surface area contributed by atoms with Crippen LogP contribution in [0.4, 0.5) is 0 Å². The van der Waals surface area contributed by atoms with Crippen molar-refractivity contribution in [3.63, 3.8) is 0 Å². The van der Waals surface area contributed by atoms with Crippen molar-refractivity contribution in [2.45, 2.75) is 216 Å². The van der Waals surface area contributed by atoms with E-state index >= 15 is 9.59 Å². The molecule has 1 fully saturated rings. The third-order valence-electron chi connectivity index (χ3n) is 17.2. The van der Waals surface area contributed by atoms with E-state index in [4.69, 9.17) is 4.74 Å². The molecular formula is C68H113N11O13. The van der Waals surface area contributed by atoms with E-state index in [1.165, 1.54) is 99.7 Å². The second-order valence-electron chi connectivity index (χ2n) is 27.2. The summed E-state index contributed by atoms with van der Waals surface area (Å²) in [5.41, 5.74) is 1.18. The van der Waals surface area contributed by atoms with Crippen molar-refractivity contribution >= 4 is 77.0 Å². The van der Waals surface area contributed by atoms with Crippen LogP contribution in [0.1, 0.15) is 171 Å². The lowest BCUT2D eigenvalue weighted by Crippen LogP contribution is -2.61. The van der Waals surface area contributed by atoms with E-state index in [0.29, 0.717) is 12.0 Å². The van der Waals surface area contributed by atoms with Crippen LogP contribution in [0.5, 0.6) is 0 Å². The molecule has 518 valence electrons. The van der Waals surface area contributed by atoms with E-state index in [1.807, 2.05) is 74.5 Å². The third kappa shape index (κ3) is 23.0. The molecule has 1 aliphatic heterocycles. The van der Waals surface area contributed by atoms with Crippen molar-refractivity contribution in [1.82, 2.24) is 55.6 Å². The summed E-state index contributed by atoms with van der Waals surface area (Å²) in [4.78, 5) is 182. The summed E-state index contributed by atoms with van der Waals surface area (Å²) in [6.07, 6.45) is 5.09. The molecule has 11 amide bonds. The molecule has 1 aliphatic rings. The molecule has 0 radical (unpaired) electrons. The number of nitrogens with one attached hydrogen (secondary N) is 4. The van der Waals surface area contributed by atoms with Crippen molar-refractivity contribution in [2.75, 3.05) is 63.0 Å². The minimum absolute atomic E-state index is 0.0703. The maximum Gasteiger partial charge on any atom is 0.337 e. The Kier molecular flexibility index (Phi) is 32.7. The predicted molar refractivity (Wildman–Crippen MR) is 355 cm³/mol. The maximum absolute atomic E-state index is 15.1. The molecule has 24 heteroatoms. The Morgan fingerprint density at radius 1 is 0.478 bits per heavy atom. The lowest BCUT2D eigenvalue weighted by atomic mass is 9.95. The summed E-state index contributed by atoms with van der Waals surface area (Å²) in [7, 11) is 11.4. The molecule has 0 aromatic heterocycles. The van der Waals surface area contributed by atoms with Crippen LogP contribution in [-0.2, 0) is 57.5 Å². The summed E-state index contributed by atoms with van der Waals surface area (Å²) < 4.78 is 4.83. The summed E-state index contributed by atoms with van der Waals surface area (Å²) in [5, 5.41) is 11.1. The smallest absolute Gasteiger partial charge is 0.337 e. The van der Waals surface area contributed by atoms with E-state index in [1.54, 1.807) is 52.0 Å². The first kappa shape index (κ1) is 80.7. The van der Waals surface area contributed by atoms with Crippen molar-refractivity contribution in [3.8, 4) is 0 Å². The van der Waals surface area contributed by atoms with Gasteiger partial charge in [-0.05, 0) is 118 Å². The van der Waals surface area contributed by atoms with Crippen molar-refractivity contribution in [3.05, 3.63) is 41.5 Å². The Morgan fingerprint density at radius 3 is 1.35 bits per heavy atom. The first-order valence-electron chi connectivity index (χ1n) is 32.7. The minimum Gasteiger partial charge on any atom is -0.465 e. The van der Waals surface area contributed by atoms with Crippen molar-refractivity contribution in [2.24, 2.45) is 35.5 Å². The molecule has 1 aromatic carbocycles. The second kappa shape index (κ2) is 37.3. The van der Waals surface area contributed by atoms with Gasteiger partial charge in [-0.1, -0.05) is 114 Å². The number of carbonyl (C=O) groups excluding carboxylic acids is 12.